The molecule has 0 bridgehead atoms. The van der Waals surface area contributed by atoms with Crippen LogP contribution in [0.25, 0.3) is 0 Å². The zero-order valence-corrected chi connectivity index (χ0v) is 11.5. The van der Waals surface area contributed by atoms with Crippen LogP contribution in [0.5, 0.6) is 0 Å². The molecule has 106 valence electrons. The molecule has 1 aliphatic heterocycles. The number of hydrogen-bond acceptors (Lipinski definition) is 6. The standard InChI is InChI=1S/C12H12ClN3O4/c1-2-20-12(17)7-15-4-3-14-9-5-8(13)10(16(18)19)6-11(9)15/h3,5-6H,2,4,7H2,1H3. The van der Waals surface area contributed by atoms with E-state index >= 15 is 0 Å². The number of esters is 1. The number of benzene rings is 1. The Bertz CT molecular complexity index is 588. The van der Waals surface area contributed by atoms with Crippen molar-refractivity contribution in [3.05, 3.63) is 27.3 Å². The fraction of sp³-hybridized carbons (Fsp3) is 0.333. The van der Waals surface area contributed by atoms with Crippen LogP contribution in [0.1, 0.15) is 6.92 Å². The van der Waals surface area contributed by atoms with E-state index in [0.717, 1.165) is 0 Å². The van der Waals surface area contributed by atoms with Crippen LogP contribution in [-0.4, -0.2) is 36.8 Å². The Morgan fingerprint density at radius 1 is 1.60 bits per heavy atom. The molecule has 0 N–H and O–H groups in total. The van der Waals surface area contributed by atoms with Gasteiger partial charge >= 0.3 is 5.97 Å². The molecule has 2 rings (SSSR count). The second-order valence-corrected chi connectivity index (χ2v) is 4.45. The average molecular weight is 298 g/mol. The van der Waals surface area contributed by atoms with E-state index in [-0.39, 0.29) is 23.9 Å². The molecule has 0 spiro atoms. The predicted octanol–water partition coefficient (Wildman–Crippen LogP) is 2.33. The van der Waals surface area contributed by atoms with Crippen LogP contribution in [-0.2, 0) is 9.53 Å². The molecule has 1 aromatic rings. The first-order valence-electron chi connectivity index (χ1n) is 5.94. The summed E-state index contributed by atoms with van der Waals surface area (Å²) in [7, 11) is 0. The topological polar surface area (TPSA) is 85.0 Å². The highest BCUT2D eigenvalue weighted by atomic mass is 35.5. The molecule has 0 saturated heterocycles. The van der Waals surface area contributed by atoms with Crippen molar-refractivity contribution in [2.24, 2.45) is 4.99 Å². The van der Waals surface area contributed by atoms with E-state index in [1.165, 1.54) is 12.1 Å². The number of nitrogens with zero attached hydrogens (tertiary/aromatic N) is 3. The summed E-state index contributed by atoms with van der Waals surface area (Å²) >= 11 is 5.83. The maximum absolute atomic E-state index is 11.5. The quantitative estimate of drug-likeness (QED) is 0.484. The van der Waals surface area contributed by atoms with Crippen LogP contribution in [0.4, 0.5) is 17.1 Å². The molecule has 0 aromatic heterocycles. The summed E-state index contributed by atoms with van der Waals surface area (Å²) in [4.78, 5) is 27.7. The van der Waals surface area contributed by atoms with Crippen molar-refractivity contribution in [2.45, 2.75) is 6.92 Å². The number of anilines is 1. The zero-order valence-electron chi connectivity index (χ0n) is 10.7. The summed E-state index contributed by atoms with van der Waals surface area (Å²) in [5, 5.41) is 10.9. The Hall–Kier alpha value is -2.15. The van der Waals surface area contributed by atoms with Crippen LogP contribution >= 0.6 is 11.6 Å². The van der Waals surface area contributed by atoms with Crippen LogP contribution in [0.3, 0.4) is 0 Å². The largest absolute Gasteiger partial charge is 0.465 e. The lowest BCUT2D eigenvalue weighted by Gasteiger charge is -2.26. The maximum atomic E-state index is 11.5. The van der Waals surface area contributed by atoms with E-state index in [9.17, 15) is 14.9 Å². The zero-order chi connectivity index (χ0) is 14.7. The first-order chi connectivity index (χ1) is 9.52. The maximum Gasteiger partial charge on any atom is 0.325 e. The van der Waals surface area contributed by atoms with Crippen molar-refractivity contribution in [3.63, 3.8) is 0 Å². The van der Waals surface area contributed by atoms with Crippen molar-refractivity contribution in [2.75, 3.05) is 24.6 Å². The minimum atomic E-state index is -0.566. The van der Waals surface area contributed by atoms with Crippen molar-refractivity contribution in [3.8, 4) is 0 Å². The molecule has 0 aliphatic carbocycles. The molecular formula is C12H12ClN3O4. The van der Waals surface area contributed by atoms with Gasteiger partial charge in [-0.05, 0) is 13.0 Å². The van der Waals surface area contributed by atoms with Gasteiger partial charge in [0, 0.05) is 12.3 Å². The highest BCUT2D eigenvalue weighted by molar-refractivity contribution is 6.33. The van der Waals surface area contributed by atoms with Gasteiger partial charge < -0.3 is 9.64 Å². The summed E-state index contributed by atoms with van der Waals surface area (Å²) in [5.74, 6) is -0.397. The smallest absolute Gasteiger partial charge is 0.325 e. The number of rotatable bonds is 4. The van der Waals surface area contributed by atoms with Gasteiger partial charge in [0.25, 0.3) is 5.69 Å². The number of carbonyl (C=O) groups excluding carboxylic acids is 1. The molecule has 1 aromatic carbocycles. The number of nitro benzene ring substituents is 1. The molecule has 1 aliphatic rings. The molecule has 1 heterocycles. The van der Waals surface area contributed by atoms with Crippen molar-refractivity contribution >= 4 is 40.8 Å². The fourth-order valence-corrected chi connectivity index (χ4v) is 2.11. The van der Waals surface area contributed by atoms with Gasteiger partial charge in [-0.25, -0.2) is 0 Å². The van der Waals surface area contributed by atoms with Gasteiger partial charge in [-0.1, -0.05) is 11.6 Å². The molecule has 0 unspecified atom stereocenters. The Morgan fingerprint density at radius 2 is 2.35 bits per heavy atom. The van der Waals surface area contributed by atoms with E-state index < -0.39 is 10.9 Å². The third-order valence-electron chi connectivity index (χ3n) is 2.74. The van der Waals surface area contributed by atoms with Gasteiger partial charge in [0.05, 0.1) is 29.4 Å². The van der Waals surface area contributed by atoms with Gasteiger partial charge in [0.2, 0.25) is 0 Å². The fourth-order valence-electron chi connectivity index (χ4n) is 1.89. The normalized spacial score (nSPS) is 13.0. The van der Waals surface area contributed by atoms with E-state index in [0.29, 0.717) is 17.9 Å². The highest BCUT2D eigenvalue weighted by Gasteiger charge is 2.23. The third kappa shape index (κ3) is 2.88. The number of nitro groups is 1. The molecule has 0 saturated carbocycles. The predicted molar refractivity (Wildman–Crippen MR) is 75.1 cm³/mol. The Kier molecular flexibility index (Phi) is 4.19. The molecule has 20 heavy (non-hydrogen) atoms. The van der Waals surface area contributed by atoms with Gasteiger partial charge in [0.1, 0.15) is 11.6 Å². The van der Waals surface area contributed by atoms with Gasteiger partial charge in [-0.2, -0.15) is 0 Å². The van der Waals surface area contributed by atoms with Crippen LogP contribution < -0.4 is 4.90 Å². The summed E-state index contributed by atoms with van der Waals surface area (Å²) in [6.45, 7) is 2.39. The monoisotopic (exact) mass is 297 g/mol. The summed E-state index contributed by atoms with van der Waals surface area (Å²) in [6, 6.07) is 2.75. The third-order valence-corrected chi connectivity index (χ3v) is 3.04. The summed E-state index contributed by atoms with van der Waals surface area (Å²) < 4.78 is 4.88. The molecule has 0 radical (unpaired) electrons. The van der Waals surface area contributed by atoms with E-state index in [1.807, 2.05) is 0 Å². The van der Waals surface area contributed by atoms with Crippen molar-refractivity contribution in [1.82, 2.24) is 0 Å². The van der Waals surface area contributed by atoms with Crippen LogP contribution in [0.15, 0.2) is 17.1 Å². The van der Waals surface area contributed by atoms with Gasteiger partial charge in [0.15, 0.2) is 0 Å². The number of ether oxygens (including phenoxy) is 1. The summed E-state index contributed by atoms with van der Waals surface area (Å²) in [5.41, 5.74) is 0.782. The number of halogens is 1. The molecule has 0 amide bonds. The Balaban J connectivity index is 2.34. The van der Waals surface area contributed by atoms with Gasteiger partial charge in [-0.3, -0.25) is 19.9 Å². The van der Waals surface area contributed by atoms with Crippen molar-refractivity contribution in [1.29, 1.82) is 0 Å². The minimum absolute atomic E-state index is 0.00560. The Morgan fingerprint density at radius 3 is 3.00 bits per heavy atom. The van der Waals surface area contributed by atoms with E-state index in [4.69, 9.17) is 16.3 Å². The lowest BCUT2D eigenvalue weighted by molar-refractivity contribution is -0.384. The Labute approximate surface area is 120 Å². The van der Waals surface area contributed by atoms with Gasteiger partial charge in [-0.15, -0.1) is 0 Å². The number of hydrogen-bond donors (Lipinski definition) is 0. The number of aliphatic imine (C=N–C) groups is 1. The minimum Gasteiger partial charge on any atom is -0.465 e. The lowest BCUT2D eigenvalue weighted by atomic mass is 10.2. The highest BCUT2D eigenvalue weighted by Crippen LogP contribution is 2.39. The van der Waals surface area contributed by atoms with E-state index in [2.05, 4.69) is 4.99 Å². The average Bonchev–Trinajstić information content (AvgIpc) is 2.38. The first kappa shape index (κ1) is 14.3. The SMILES string of the molecule is CCOC(=O)CN1CC=Nc2cc(Cl)c([N+](=O)[O-])cc21. The van der Waals surface area contributed by atoms with Crippen LogP contribution in [0, 0.1) is 10.1 Å². The molecule has 0 atom stereocenters. The second-order valence-electron chi connectivity index (χ2n) is 4.05. The lowest BCUT2D eigenvalue weighted by Crippen LogP contribution is -2.34. The number of carbonyl (C=O) groups is 1. The molecule has 8 heteroatoms. The van der Waals surface area contributed by atoms with Crippen molar-refractivity contribution < 1.29 is 14.5 Å². The molecule has 0 fully saturated rings. The first-order valence-corrected chi connectivity index (χ1v) is 6.31. The molecular weight excluding hydrogens is 286 g/mol. The van der Waals surface area contributed by atoms with Crippen LogP contribution in [0.2, 0.25) is 5.02 Å². The summed E-state index contributed by atoms with van der Waals surface area (Å²) in [6.07, 6.45) is 1.61. The number of fused-ring (bicyclic) bond motifs is 1. The van der Waals surface area contributed by atoms with E-state index in [1.54, 1.807) is 18.0 Å². The second kappa shape index (κ2) is 5.87. The molecule has 7 nitrogen and oxygen atoms in total.